The minimum absolute atomic E-state index is 0.0450. The van der Waals surface area contributed by atoms with Gasteiger partial charge in [0.25, 0.3) is 0 Å². The van der Waals surface area contributed by atoms with Gasteiger partial charge in [0.15, 0.2) is 0 Å². The number of hydrogen-bond acceptors (Lipinski definition) is 0. The SMILES string of the molecule is CCCCC[Si](C)CCCl. The summed E-state index contributed by atoms with van der Waals surface area (Å²) in [5.74, 6) is 0.872. The quantitative estimate of drug-likeness (QED) is 0.331. The van der Waals surface area contributed by atoms with E-state index in [0.29, 0.717) is 0 Å². The molecular weight excluding hydrogens is 160 g/mol. The van der Waals surface area contributed by atoms with Crippen molar-refractivity contribution in [1.82, 2.24) is 0 Å². The van der Waals surface area contributed by atoms with Crippen LogP contribution < -0.4 is 0 Å². The topological polar surface area (TPSA) is 0 Å². The number of unbranched alkanes of at least 4 members (excludes halogenated alkanes) is 2. The maximum absolute atomic E-state index is 5.63. The molecule has 0 aromatic carbocycles. The second-order valence-corrected chi connectivity index (χ2v) is 6.15. The van der Waals surface area contributed by atoms with Crippen LogP contribution in [0.4, 0.5) is 0 Å². The number of halogens is 1. The summed E-state index contributed by atoms with van der Waals surface area (Å²) >= 11 is 5.63. The van der Waals surface area contributed by atoms with Gasteiger partial charge in [0.1, 0.15) is 0 Å². The van der Waals surface area contributed by atoms with Crippen molar-refractivity contribution in [3.63, 3.8) is 0 Å². The maximum atomic E-state index is 5.63. The first kappa shape index (κ1) is 10.5. The molecule has 1 radical (unpaired) electrons. The molecule has 2 heteroatoms. The van der Waals surface area contributed by atoms with Gasteiger partial charge in [-0.05, 0) is 6.04 Å². The lowest BCUT2D eigenvalue weighted by Crippen LogP contribution is -2.06. The van der Waals surface area contributed by atoms with E-state index in [1.807, 2.05) is 0 Å². The van der Waals surface area contributed by atoms with Crippen molar-refractivity contribution >= 4 is 20.4 Å². The van der Waals surface area contributed by atoms with E-state index in [4.69, 9.17) is 11.6 Å². The van der Waals surface area contributed by atoms with Crippen LogP contribution >= 0.6 is 11.6 Å². The molecule has 0 unspecified atom stereocenters. The van der Waals surface area contributed by atoms with Crippen molar-refractivity contribution in [2.24, 2.45) is 0 Å². The van der Waals surface area contributed by atoms with Crippen molar-refractivity contribution in [3.8, 4) is 0 Å². The molecule has 0 aromatic rings. The van der Waals surface area contributed by atoms with Crippen LogP contribution in [-0.2, 0) is 0 Å². The third-order valence-corrected chi connectivity index (χ3v) is 4.54. The van der Waals surface area contributed by atoms with Gasteiger partial charge in [0, 0.05) is 14.7 Å². The van der Waals surface area contributed by atoms with E-state index in [2.05, 4.69) is 13.5 Å². The van der Waals surface area contributed by atoms with E-state index in [0.717, 1.165) is 5.88 Å². The van der Waals surface area contributed by atoms with Crippen molar-refractivity contribution < 1.29 is 0 Å². The molecule has 0 aromatic heterocycles. The molecule has 0 aliphatic heterocycles. The average molecular weight is 178 g/mol. The van der Waals surface area contributed by atoms with Gasteiger partial charge in [-0.25, -0.2) is 0 Å². The fourth-order valence-corrected chi connectivity index (χ4v) is 3.36. The summed E-state index contributed by atoms with van der Waals surface area (Å²) < 4.78 is 0. The summed E-state index contributed by atoms with van der Waals surface area (Å²) in [6.45, 7) is 4.65. The number of hydrogen-bond donors (Lipinski definition) is 0. The van der Waals surface area contributed by atoms with Crippen LogP contribution in [0.15, 0.2) is 0 Å². The van der Waals surface area contributed by atoms with Crippen molar-refractivity contribution in [1.29, 1.82) is 0 Å². The monoisotopic (exact) mass is 177 g/mol. The van der Waals surface area contributed by atoms with Crippen LogP contribution in [0.5, 0.6) is 0 Å². The van der Waals surface area contributed by atoms with Gasteiger partial charge >= 0.3 is 0 Å². The molecule has 0 N–H and O–H groups in total. The molecule has 0 nitrogen and oxygen atoms in total. The molecule has 0 rings (SSSR count). The second kappa shape index (κ2) is 7.61. The molecule has 61 valence electrons. The highest BCUT2D eigenvalue weighted by molar-refractivity contribution is 6.58. The Balaban J connectivity index is 2.97. The van der Waals surface area contributed by atoms with E-state index in [9.17, 15) is 0 Å². The molecular formula is C8H18ClSi. The zero-order valence-electron chi connectivity index (χ0n) is 7.12. The average Bonchev–Trinajstić information content (AvgIpc) is 1.89. The predicted molar refractivity (Wildman–Crippen MR) is 51.5 cm³/mol. The van der Waals surface area contributed by atoms with E-state index in [-0.39, 0.29) is 8.80 Å². The highest BCUT2D eigenvalue weighted by atomic mass is 35.5. The van der Waals surface area contributed by atoms with Gasteiger partial charge in [-0.3, -0.25) is 0 Å². The first-order valence-electron chi connectivity index (χ1n) is 4.18. The summed E-state index contributed by atoms with van der Waals surface area (Å²) in [6, 6.07) is 2.75. The molecule has 0 saturated heterocycles. The van der Waals surface area contributed by atoms with E-state index in [1.165, 1.54) is 31.4 Å². The predicted octanol–water partition coefficient (Wildman–Crippen LogP) is 3.54. The Bertz CT molecular complexity index is 66.3. The minimum atomic E-state index is -0.0450. The molecule has 0 heterocycles. The molecule has 10 heavy (non-hydrogen) atoms. The first-order chi connectivity index (χ1) is 4.81. The minimum Gasteiger partial charge on any atom is -0.127 e. The van der Waals surface area contributed by atoms with Crippen LogP contribution in [-0.4, -0.2) is 14.7 Å². The zero-order valence-corrected chi connectivity index (χ0v) is 8.88. The standard InChI is InChI=1S/C8H18ClSi/c1-3-4-5-7-10(2)8-6-9/h3-8H2,1-2H3. The Morgan fingerprint density at radius 2 is 1.90 bits per heavy atom. The van der Waals surface area contributed by atoms with Crippen molar-refractivity contribution in [3.05, 3.63) is 0 Å². The Labute approximate surface area is 71.6 Å². The zero-order chi connectivity index (χ0) is 7.82. The first-order valence-corrected chi connectivity index (χ1v) is 7.13. The van der Waals surface area contributed by atoms with Gasteiger partial charge < -0.3 is 0 Å². The normalized spacial score (nSPS) is 10.8. The van der Waals surface area contributed by atoms with Gasteiger partial charge in [-0.15, -0.1) is 11.6 Å². The number of alkyl halides is 1. The smallest absolute Gasteiger partial charge is 0.0458 e. The van der Waals surface area contributed by atoms with Gasteiger partial charge in [0.05, 0.1) is 0 Å². The highest BCUT2D eigenvalue weighted by Crippen LogP contribution is 2.07. The van der Waals surface area contributed by atoms with Crippen molar-refractivity contribution in [2.45, 2.75) is 44.8 Å². The van der Waals surface area contributed by atoms with Crippen LogP contribution in [0.1, 0.15) is 26.2 Å². The third kappa shape index (κ3) is 6.62. The molecule has 0 aliphatic carbocycles. The summed E-state index contributed by atoms with van der Waals surface area (Å²) in [4.78, 5) is 0. The Morgan fingerprint density at radius 3 is 2.40 bits per heavy atom. The van der Waals surface area contributed by atoms with Crippen molar-refractivity contribution in [2.75, 3.05) is 5.88 Å². The number of rotatable bonds is 6. The van der Waals surface area contributed by atoms with Crippen LogP contribution in [0.3, 0.4) is 0 Å². The lowest BCUT2D eigenvalue weighted by molar-refractivity contribution is 0.765. The molecule has 0 atom stereocenters. The lowest BCUT2D eigenvalue weighted by atomic mass is 10.3. The fraction of sp³-hybridized carbons (Fsp3) is 1.00. The molecule has 0 spiro atoms. The van der Waals surface area contributed by atoms with E-state index >= 15 is 0 Å². The summed E-state index contributed by atoms with van der Waals surface area (Å²) in [5.41, 5.74) is 0. The second-order valence-electron chi connectivity index (χ2n) is 2.85. The highest BCUT2D eigenvalue weighted by Gasteiger charge is 2.01. The summed E-state index contributed by atoms with van der Waals surface area (Å²) in [6.07, 6.45) is 4.18. The summed E-state index contributed by atoms with van der Waals surface area (Å²) in [5, 5.41) is 0. The van der Waals surface area contributed by atoms with Crippen LogP contribution in [0.25, 0.3) is 0 Å². The summed E-state index contributed by atoms with van der Waals surface area (Å²) in [7, 11) is -0.0450. The largest absolute Gasteiger partial charge is 0.127 e. The van der Waals surface area contributed by atoms with Crippen LogP contribution in [0, 0.1) is 0 Å². The van der Waals surface area contributed by atoms with Crippen LogP contribution in [0.2, 0.25) is 18.6 Å². The van der Waals surface area contributed by atoms with E-state index in [1.54, 1.807) is 0 Å². The maximum Gasteiger partial charge on any atom is 0.0458 e. The van der Waals surface area contributed by atoms with Gasteiger partial charge in [-0.2, -0.15) is 0 Å². The fourth-order valence-electron chi connectivity index (χ4n) is 0.963. The molecule has 0 fully saturated rings. The van der Waals surface area contributed by atoms with Gasteiger partial charge in [-0.1, -0.05) is 38.8 Å². The third-order valence-electron chi connectivity index (χ3n) is 1.73. The molecule has 0 amide bonds. The van der Waals surface area contributed by atoms with Gasteiger partial charge in [0.2, 0.25) is 0 Å². The molecule has 0 saturated carbocycles. The Kier molecular flexibility index (Phi) is 8.00. The Hall–Kier alpha value is 0.507. The molecule has 0 bridgehead atoms. The lowest BCUT2D eigenvalue weighted by Gasteiger charge is -2.05. The van der Waals surface area contributed by atoms with E-state index < -0.39 is 0 Å². The molecule has 0 aliphatic rings. The Morgan fingerprint density at radius 1 is 1.20 bits per heavy atom.